The lowest BCUT2D eigenvalue weighted by molar-refractivity contribution is 0.0240. The number of carbonyl (C=O) groups is 1. The summed E-state index contributed by atoms with van der Waals surface area (Å²) in [5, 5.41) is 3.14. The van der Waals surface area contributed by atoms with Crippen molar-refractivity contribution in [3.05, 3.63) is 23.9 Å². The lowest BCUT2D eigenvalue weighted by Gasteiger charge is -2.36. The first-order chi connectivity index (χ1) is 10.4. The van der Waals surface area contributed by atoms with Gasteiger partial charge >= 0.3 is 6.09 Å². The molecule has 1 N–H and O–H groups in total. The molecule has 0 aliphatic carbocycles. The second-order valence-electron chi connectivity index (χ2n) is 6.51. The number of anilines is 1. The van der Waals surface area contributed by atoms with Crippen LogP contribution in [-0.2, 0) is 11.3 Å². The number of ether oxygens (including phenoxy) is 1. The van der Waals surface area contributed by atoms with Gasteiger partial charge in [0.05, 0.1) is 0 Å². The van der Waals surface area contributed by atoms with Crippen LogP contribution in [0.3, 0.4) is 0 Å². The topological polar surface area (TPSA) is 57.7 Å². The highest BCUT2D eigenvalue weighted by Crippen LogP contribution is 2.17. The van der Waals surface area contributed by atoms with Gasteiger partial charge in [-0.2, -0.15) is 0 Å². The molecule has 6 heteroatoms. The molecular weight excluding hydrogens is 280 g/mol. The Hall–Kier alpha value is -1.82. The smallest absolute Gasteiger partial charge is 0.410 e. The molecule has 1 saturated heterocycles. The van der Waals surface area contributed by atoms with E-state index >= 15 is 0 Å². The second-order valence-corrected chi connectivity index (χ2v) is 6.51. The first kappa shape index (κ1) is 16.5. The van der Waals surface area contributed by atoms with Gasteiger partial charge in [-0.1, -0.05) is 0 Å². The number of carbonyl (C=O) groups excluding carboxylic acids is 1. The number of amides is 1. The van der Waals surface area contributed by atoms with Crippen LogP contribution in [0.15, 0.2) is 18.3 Å². The van der Waals surface area contributed by atoms with Crippen LogP contribution in [0.5, 0.6) is 0 Å². The van der Waals surface area contributed by atoms with E-state index in [0.717, 1.165) is 25.5 Å². The molecule has 6 nitrogen and oxygen atoms in total. The van der Waals surface area contributed by atoms with E-state index in [4.69, 9.17) is 4.74 Å². The standard InChI is InChI=1S/C16H26N4O2/c1-16(2,3)22-15(21)20-9-7-19(8-10-20)14-11-13(12-17-4)5-6-18-14/h5-6,11,17H,7-10,12H2,1-4H3. The number of pyridine rings is 1. The molecule has 2 heterocycles. The minimum Gasteiger partial charge on any atom is -0.444 e. The fraction of sp³-hybridized carbons (Fsp3) is 0.625. The molecule has 0 atom stereocenters. The van der Waals surface area contributed by atoms with Gasteiger partial charge in [0.15, 0.2) is 0 Å². The van der Waals surface area contributed by atoms with Crippen molar-refractivity contribution in [2.75, 3.05) is 38.1 Å². The fourth-order valence-electron chi connectivity index (χ4n) is 2.39. The van der Waals surface area contributed by atoms with Gasteiger partial charge in [0, 0.05) is 38.9 Å². The quantitative estimate of drug-likeness (QED) is 0.924. The number of nitrogens with one attached hydrogen (secondary N) is 1. The predicted octanol–water partition coefficient (Wildman–Crippen LogP) is 1.86. The summed E-state index contributed by atoms with van der Waals surface area (Å²) in [5.41, 5.74) is 0.763. The first-order valence-electron chi connectivity index (χ1n) is 7.71. The van der Waals surface area contributed by atoms with Crippen LogP contribution < -0.4 is 10.2 Å². The van der Waals surface area contributed by atoms with Crippen LogP contribution in [0.4, 0.5) is 10.6 Å². The predicted molar refractivity (Wildman–Crippen MR) is 87.0 cm³/mol. The third-order valence-corrected chi connectivity index (χ3v) is 3.45. The Bertz CT molecular complexity index is 505. The third kappa shape index (κ3) is 4.59. The van der Waals surface area contributed by atoms with E-state index < -0.39 is 5.60 Å². The zero-order chi connectivity index (χ0) is 16.2. The van der Waals surface area contributed by atoms with Crippen molar-refractivity contribution >= 4 is 11.9 Å². The van der Waals surface area contributed by atoms with Crippen molar-refractivity contribution in [1.82, 2.24) is 15.2 Å². The highest BCUT2D eigenvalue weighted by atomic mass is 16.6. The second kappa shape index (κ2) is 6.96. The average Bonchev–Trinajstić information content (AvgIpc) is 2.46. The lowest BCUT2D eigenvalue weighted by atomic mass is 10.2. The molecule has 0 saturated carbocycles. The summed E-state index contributed by atoms with van der Waals surface area (Å²) in [7, 11) is 1.93. The summed E-state index contributed by atoms with van der Waals surface area (Å²) in [6.45, 7) is 9.35. The SMILES string of the molecule is CNCc1ccnc(N2CCN(C(=O)OC(C)(C)C)CC2)c1. The minimum absolute atomic E-state index is 0.232. The Morgan fingerprint density at radius 3 is 2.59 bits per heavy atom. The maximum absolute atomic E-state index is 12.1. The molecule has 1 aliphatic rings. The molecule has 1 fully saturated rings. The van der Waals surface area contributed by atoms with E-state index in [9.17, 15) is 4.79 Å². The van der Waals surface area contributed by atoms with Crippen molar-refractivity contribution in [2.45, 2.75) is 32.9 Å². The molecule has 0 spiro atoms. The molecule has 1 aromatic heterocycles. The third-order valence-electron chi connectivity index (χ3n) is 3.45. The number of hydrogen-bond acceptors (Lipinski definition) is 5. The van der Waals surface area contributed by atoms with Crippen molar-refractivity contribution < 1.29 is 9.53 Å². The Labute approximate surface area is 132 Å². The van der Waals surface area contributed by atoms with Gasteiger partial charge in [-0.25, -0.2) is 9.78 Å². The Morgan fingerprint density at radius 1 is 1.32 bits per heavy atom. The van der Waals surface area contributed by atoms with Crippen LogP contribution in [-0.4, -0.2) is 54.8 Å². The summed E-state index contributed by atoms with van der Waals surface area (Å²) >= 11 is 0. The van der Waals surface area contributed by atoms with Crippen LogP contribution in [0.25, 0.3) is 0 Å². The number of piperazine rings is 1. The van der Waals surface area contributed by atoms with Gasteiger partial charge in [-0.05, 0) is 45.5 Å². The highest BCUT2D eigenvalue weighted by Gasteiger charge is 2.26. The molecule has 1 amide bonds. The number of hydrogen-bond donors (Lipinski definition) is 1. The van der Waals surface area contributed by atoms with Crippen LogP contribution >= 0.6 is 0 Å². The highest BCUT2D eigenvalue weighted by molar-refractivity contribution is 5.68. The van der Waals surface area contributed by atoms with Gasteiger partial charge in [0.2, 0.25) is 0 Å². The number of rotatable bonds is 3. The molecule has 1 aliphatic heterocycles. The zero-order valence-electron chi connectivity index (χ0n) is 13.9. The van der Waals surface area contributed by atoms with Gasteiger partial charge in [0.1, 0.15) is 11.4 Å². The molecule has 0 bridgehead atoms. The van der Waals surface area contributed by atoms with Crippen molar-refractivity contribution in [2.24, 2.45) is 0 Å². The Morgan fingerprint density at radius 2 is 2.00 bits per heavy atom. The normalized spacial score (nSPS) is 15.8. The van der Waals surface area contributed by atoms with E-state index in [2.05, 4.69) is 21.3 Å². The molecule has 1 aromatic rings. The average molecular weight is 306 g/mol. The Kier molecular flexibility index (Phi) is 5.24. The summed E-state index contributed by atoms with van der Waals surface area (Å²) in [4.78, 5) is 20.5. The maximum atomic E-state index is 12.1. The van der Waals surface area contributed by atoms with Gasteiger partial charge < -0.3 is 19.9 Å². The summed E-state index contributed by atoms with van der Waals surface area (Å²) < 4.78 is 5.41. The molecule has 2 rings (SSSR count). The van der Waals surface area contributed by atoms with Crippen molar-refractivity contribution in [3.63, 3.8) is 0 Å². The molecule has 22 heavy (non-hydrogen) atoms. The van der Waals surface area contributed by atoms with E-state index in [1.807, 2.05) is 40.1 Å². The number of nitrogens with zero attached hydrogens (tertiary/aromatic N) is 3. The van der Waals surface area contributed by atoms with Gasteiger partial charge in [-0.15, -0.1) is 0 Å². The minimum atomic E-state index is -0.447. The fourth-order valence-corrected chi connectivity index (χ4v) is 2.39. The van der Waals surface area contributed by atoms with E-state index in [1.54, 1.807) is 4.90 Å². The van der Waals surface area contributed by atoms with E-state index in [0.29, 0.717) is 13.1 Å². The zero-order valence-corrected chi connectivity index (χ0v) is 13.9. The number of aromatic nitrogens is 1. The van der Waals surface area contributed by atoms with Crippen molar-refractivity contribution in [1.29, 1.82) is 0 Å². The van der Waals surface area contributed by atoms with Gasteiger partial charge in [0.25, 0.3) is 0 Å². The van der Waals surface area contributed by atoms with E-state index in [-0.39, 0.29) is 6.09 Å². The van der Waals surface area contributed by atoms with Crippen LogP contribution in [0, 0.1) is 0 Å². The molecule has 0 radical (unpaired) electrons. The molecule has 0 unspecified atom stereocenters. The monoisotopic (exact) mass is 306 g/mol. The first-order valence-corrected chi connectivity index (χ1v) is 7.71. The molecular formula is C16H26N4O2. The van der Waals surface area contributed by atoms with Crippen molar-refractivity contribution in [3.8, 4) is 0 Å². The summed E-state index contributed by atoms with van der Waals surface area (Å²) in [6.07, 6.45) is 1.60. The lowest BCUT2D eigenvalue weighted by Crippen LogP contribution is -2.50. The van der Waals surface area contributed by atoms with Crippen LogP contribution in [0.1, 0.15) is 26.3 Å². The van der Waals surface area contributed by atoms with Crippen LogP contribution in [0.2, 0.25) is 0 Å². The van der Waals surface area contributed by atoms with Gasteiger partial charge in [-0.3, -0.25) is 0 Å². The van der Waals surface area contributed by atoms with E-state index in [1.165, 1.54) is 5.56 Å². The largest absolute Gasteiger partial charge is 0.444 e. The molecule has 122 valence electrons. The summed E-state index contributed by atoms with van der Waals surface area (Å²) in [5.74, 6) is 0.969. The summed E-state index contributed by atoms with van der Waals surface area (Å²) in [6, 6.07) is 4.11. The Balaban J connectivity index is 1.92. The molecule has 0 aromatic carbocycles. The maximum Gasteiger partial charge on any atom is 0.410 e.